The molecule has 0 rings (SSSR count). The van der Waals surface area contributed by atoms with Gasteiger partial charge in [0.1, 0.15) is 0 Å². The lowest BCUT2D eigenvalue weighted by atomic mass is 9.82. The van der Waals surface area contributed by atoms with E-state index in [4.69, 9.17) is 0 Å². The molecule has 1 nitrogen and oxygen atoms in total. The number of rotatable bonds is 5. The largest absolute Gasteiger partial charge is 0.382 e. The van der Waals surface area contributed by atoms with E-state index in [0.717, 1.165) is 18.5 Å². The summed E-state index contributed by atoms with van der Waals surface area (Å²) < 4.78 is 0. The Bertz CT molecular complexity index is 208. The number of allylic oxidation sites excluding steroid dienone is 1. The predicted octanol–water partition coefficient (Wildman–Crippen LogP) is 3.88. The van der Waals surface area contributed by atoms with Gasteiger partial charge < -0.3 is 5.32 Å². The van der Waals surface area contributed by atoms with Crippen LogP contribution in [0.25, 0.3) is 0 Å². The SMILES string of the molecule is C=C(CC)NC(CC)C(=C)C(C)(C)C. The molecule has 0 aliphatic rings. The third kappa shape index (κ3) is 3.99. The van der Waals surface area contributed by atoms with Crippen molar-refractivity contribution in [3.63, 3.8) is 0 Å². The van der Waals surface area contributed by atoms with E-state index >= 15 is 0 Å². The van der Waals surface area contributed by atoms with Crippen LogP contribution in [0.3, 0.4) is 0 Å². The molecule has 0 aromatic heterocycles. The van der Waals surface area contributed by atoms with E-state index in [1.54, 1.807) is 0 Å². The van der Waals surface area contributed by atoms with Crippen LogP contribution in [-0.4, -0.2) is 6.04 Å². The summed E-state index contributed by atoms with van der Waals surface area (Å²) >= 11 is 0. The van der Waals surface area contributed by atoms with Crippen molar-refractivity contribution < 1.29 is 0 Å². The maximum Gasteiger partial charge on any atom is 0.0470 e. The van der Waals surface area contributed by atoms with Gasteiger partial charge in [-0.05, 0) is 23.8 Å². The second kappa shape index (κ2) is 5.23. The minimum atomic E-state index is 0.168. The van der Waals surface area contributed by atoms with Gasteiger partial charge in [0.25, 0.3) is 0 Å². The zero-order chi connectivity index (χ0) is 11.4. The fraction of sp³-hybridized carbons (Fsp3) is 0.692. The molecule has 0 spiro atoms. The summed E-state index contributed by atoms with van der Waals surface area (Å²) in [6, 6.07) is 0.363. The van der Waals surface area contributed by atoms with Crippen molar-refractivity contribution in [2.24, 2.45) is 5.41 Å². The minimum absolute atomic E-state index is 0.168. The average Bonchev–Trinajstić information content (AvgIpc) is 2.11. The van der Waals surface area contributed by atoms with Crippen molar-refractivity contribution in [3.05, 3.63) is 24.4 Å². The average molecular weight is 195 g/mol. The van der Waals surface area contributed by atoms with Crippen molar-refractivity contribution in [3.8, 4) is 0 Å². The fourth-order valence-electron chi connectivity index (χ4n) is 1.31. The molecule has 1 atom stereocenters. The van der Waals surface area contributed by atoms with Crippen LogP contribution in [0.15, 0.2) is 24.4 Å². The van der Waals surface area contributed by atoms with E-state index in [1.165, 1.54) is 5.57 Å². The molecule has 1 N–H and O–H groups in total. The zero-order valence-corrected chi connectivity index (χ0v) is 10.4. The first-order valence-electron chi connectivity index (χ1n) is 5.46. The molecular weight excluding hydrogens is 170 g/mol. The van der Waals surface area contributed by atoms with E-state index in [9.17, 15) is 0 Å². The third-order valence-corrected chi connectivity index (χ3v) is 2.60. The summed E-state index contributed by atoms with van der Waals surface area (Å²) in [5.74, 6) is 0. The quantitative estimate of drug-likeness (QED) is 0.656. The van der Waals surface area contributed by atoms with Crippen molar-refractivity contribution in [2.75, 3.05) is 0 Å². The van der Waals surface area contributed by atoms with E-state index in [-0.39, 0.29) is 5.41 Å². The Morgan fingerprint density at radius 1 is 1.21 bits per heavy atom. The van der Waals surface area contributed by atoms with Crippen LogP contribution in [-0.2, 0) is 0 Å². The zero-order valence-electron chi connectivity index (χ0n) is 10.4. The van der Waals surface area contributed by atoms with Crippen LogP contribution in [0.1, 0.15) is 47.5 Å². The van der Waals surface area contributed by atoms with Gasteiger partial charge in [0.15, 0.2) is 0 Å². The summed E-state index contributed by atoms with van der Waals surface area (Å²) in [5.41, 5.74) is 2.53. The Morgan fingerprint density at radius 2 is 1.71 bits per heavy atom. The summed E-state index contributed by atoms with van der Waals surface area (Å²) in [6.07, 6.45) is 2.04. The van der Waals surface area contributed by atoms with Crippen LogP contribution >= 0.6 is 0 Å². The highest BCUT2D eigenvalue weighted by Crippen LogP contribution is 2.27. The van der Waals surface area contributed by atoms with Gasteiger partial charge in [-0.3, -0.25) is 0 Å². The minimum Gasteiger partial charge on any atom is -0.382 e. The van der Waals surface area contributed by atoms with Crippen molar-refractivity contribution in [1.29, 1.82) is 0 Å². The molecule has 0 aromatic carbocycles. The van der Waals surface area contributed by atoms with Crippen LogP contribution < -0.4 is 5.32 Å². The van der Waals surface area contributed by atoms with E-state index in [0.29, 0.717) is 6.04 Å². The molecule has 0 amide bonds. The maximum absolute atomic E-state index is 4.18. The molecule has 0 heterocycles. The highest BCUT2D eigenvalue weighted by Gasteiger charge is 2.21. The third-order valence-electron chi connectivity index (χ3n) is 2.60. The highest BCUT2D eigenvalue weighted by molar-refractivity contribution is 5.15. The Balaban J connectivity index is 4.42. The maximum atomic E-state index is 4.18. The molecule has 0 radical (unpaired) electrons. The van der Waals surface area contributed by atoms with E-state index < -0.39 is 0 Å². The molecule has 0 fully saturated rings. The van der Waals surface area contributed by atoms with Gasteiger partial charge in [0.05, 0.1) is 0 Å². The molecule has 0 aliphatic carbocycles. The summed E-state index contributed by atoms with van der Waals surface area (Å²) in [4.78, 5) is 0. The van der Waals surface area contributed by atoms with Gasteiger partial charge >= 0.3 is 0 Å². The Morgan fingerprint density at radius 3 is 2.00 bits per heavy atom. The monoisotopic (exact) mass is 195 g/mol. The van der Waals surface area contributed by atoms with Crippen molar-refractivity contribution in [1.82, 2.24) is 5.32 Å². The van der Waals surface area contributed by atoms with E-state index in [1.807, 2.05) is 0 Å². The molecule has 0 saturated carbocycles. The molecule has 0 aromatic rings. The molecule has 0 bridgehead atoms. The lowest BCUT2D eigenvalue weighted by molar-refractivity contribution is 0.433. The van der Waals surface area contributed by atoms with Crippen LogP contribution in [0.5, 0.6) is 0 Å². The topological polar surface area (TPSA) is 12.0 Å². The number of hydrogen-bond acceptors (Lipinski definition) is 1. The molecule has 14 heavy (non-hydrogen) atoms. The summed E-state index contributed by atoms with van der Waals surface area (Å²) in [7, 11) is 0. The lowest BCUT2D eigenvalue weighted by Gasteiger charge is -2.30. The van der Waals surface area contributed by atoms with Crippen LogP contribution in [0.2, 0.25) is 0 Å². The van der Waals surface area contributed by atoms with Gasteiger partial charge in [-0.15, -0.1) is 0 Å². The summed E-state index contributed by atoms with van der Waals surface area (Å²) in [6.45, 7) is 19.1. The smallest absolute Gasteiger partial charge is 0.0470 e. The normalized spacial score (nSPS) is 13.5. The molecule has 1 heteroatoms. The Hall–Kier alpha value is -0.720. The molecular formula is C13H25N. The van der Waals surface area contributed by atoms with Gasteiger partial charge in [0.2, 0.25) is 0 Å². The molecule has 1 unspecified atom stereocenters. The Labute approximate surface area is 89.3 Å². The molecule has 0 saturated heterocycles. The van der Waals surface area contributed by atoms with E-state index in [2.05, 4.69) is 53.1 Å². The second-order valence-corrected chi connectivity index (χ2v) is 4.84. The molecule has 0 aliphatic heterocycles. The second-order valence-electron chi connectivity index (χ2n) is 4.84. The van der Waals surface area contributed by atoms with Crippen LogP contribution in [0, 0.1) is 5.41 Å². The van der Waals surface area contributed by atoms with Gasteiger partial charge in [-0.2, -0.15) is 0 Å². The first-order valence-corrected chi connectivity index (χ1v) is 5.46. The molecule has 82 valence electrons. The van der Waals surface area contributed by atoms with Crippen LogP contribution in [0.4, 0.5) is 0 Å². The van der Waals surface area contributed by atoms with Crippen molar-refractivity contribution >= 4 is 0 Å². The lowest BCUT2D eigenvalue weighted by Crippen LogP contribution is -2.33. The fourth-order valence-corrected chi connectivity index (χ4v) is 1.31. The van der Waals surface area contributed by atoms with Gasteiger partial charge in [0, 0.05) is 11.7 Å². The van der Waals surface area contributed by atoms with Gasteiger partial charge in [-0.1, -0.05) is 47.8 Å². The number of hydrogen-bond donors (Lipinski definition) is 1. The standard InChI is InChI=1S/C13H25N/c1-8-10(3)14-12(9-2)11(4)13(5,6)7/h12,14H,3-4,8-9H2,1-2,5-7H3. The Kier molecular flexibility index (Phi) is 4.96. The van der Waals surface area contributed by atoms with Gasteiger partial charge in [-0.25, -0.2) is 0 Å². The first-order chi connectivity index (χ1) is 6.32. The number of nitrogens with one attached hydrogen (secondary N) is 1. The predicted molar refractivity (Wildman–Crippen MR) is 65.2 cm³/mol. The highest BCUT2D eigenvalue weighted by atomic mass is 14.9. The van der Waals surface area contributed by atoms with Crippen molar-refractivity contribution in [2.45, 2.75) is 53.5 Å². The summed E-state index contributed by atoms with van der Waals surface area (Å²) in [5, 5.41) is 3.43. The first kappa shape index (κ1) is 13.3.